The van der Waals surface area contributed by atoms with Crippen LogP contribution in [0.25, 0.3) is 22.3 Å². The second-order valence-corrected chi connectivity index (χ2v) is 10.1. The van der Waals surface area contributed by atoms with Gasteiger partial charge in [-0.2, -0.15) is 23.0 Å². The third kappa shape index (κ3) is 7.12. The summed E-state index contributed by atoms with van der Waals surface area (Å²) in [4.78, 5) is 11.2. The van der Waals surface area contributed by atoms with Crippen molar-refractivity contribution in [1.29, 1.82) is 0 Å². The number of hydrogen-bond acceptors (Lipinski definition) is 4. The lowest BCUT2D eigenvalue weighted by Crippen LogP contribution is -2.36. The van der Waals surface area contributed by atoms with Gasteiger partial charge in [-0.3, -0.25) is 4.68 Å². The minimum atomic E-state index is -4.56. The Labute approximate surface area is 247 Å². The number of pyridine rings is 1. The van der Waals surface area contributed by atoms with Gasteiger partial charge < -0.3 is 15.1 Å². The Balaban J connectivity index is 1.52. The number of hydrogen-bond donors (Lipinski definition) is 1. The predicted octanol–water partition coefficient (Wildman–Crippen LogP) is 7.11. The first-order chi connectivity index (χ1) is 20.5. The monoisotopic (exact) mass is 611 g/mol. The van der Waals surface area contributed by atoms with E-state index in [1.54, 1.807) is 47.4 Å². The van der Waals surface area contributed by atoms with E-state index in [0.717, 1.165) is 5.56 Å². The fourth-order valence-electron chi connectivity index (χ4n) is 4.56. The Morgan fingerprint density at radius 2 is 1.70 bits per heavy atom. The molecule has 0 spiro atoms. The zero-order chi connectivity index (χ0) is 30.7. The van der Waals surface area contributed by atoms with Crippen LogP contribution in [0.15, 0.2) is 97.5 Å². The molecule has 220 valence electrons. The van der Waals surface area contributed by atoms with Crippen molar-refractivity contribution < 1.29 is 36.9 Å². The third-order valence-corrected chi connectivity index (χ3v) is 6.89. The molecule has 0 radical (unpaired) electrons. The van der Waals surface area contributed by atoms with Crippen LogP contribution in [0.3, 0.4) is 0 Å². The van der Waals surface area contributed by atoms with Gasteiger partial charge in [0.1, 0.15) is 17.6 Å². The molecule has 1 unspecified atom stereocenters. The summed E-state index contributed by atoms with van der Waals surface area (Å²) in [5, 5.41) is 27.4. The third-order valence-electron chi connectivity index (χ3n) is 6.66. The second kappa shape index (κ2) is 12.1. The molecule has 0 aliphatic rings. The summed E-state index contributed by atoms with van der Waals surface area (Å²) in [5.41, 5.74) is 2.95. The van der Waals surface area contributed by atoms with Crippen molar-refractivity contribution in [2.75, 3.05) is 6.61 Å². The molecule has 3 aromatic carbocycles. The van der Waals surface area contributed by atoms with Crippen molar-refractivity contribution in [2.24, 2.45) is 0 Å². The molecule has 1 N–H and O–H groups in total. The Morgan fingerprint density at radius 3 is 2.35 bits per heavy atom. The number of rotatable bonds is 9. The molecule has 0 saturated heterocycles. The average molecular weight is 612 g/mol. The molecule has 5 rings (SSSR count). The minimum Gasteiger partial charge on any atom is -0.618 e. The number of carbonyl (C=O) groups is 1. The molecule has 0 fully saturated rings. The molecule has 0 amide bonds. The highest BCUT2D eigenvalue weighted by Crippen LogP contribution is 2.34. The molecule has 2 aromatic heterocycles. The molecule has 12 heteroatoms. The largest absolute Gasteiger partial charge is 0.618 e. The topological polar surface area (TPSA) is 91.3 Å². The molecule has 2 heterocycles. The normalized spacial score (nSPS) is 12.2. The van der Waals surface area contributed by atoms with Crippen LogP contribution in [0.2, 0.25) is 5.02 Å². The average Bonchev–Trinajstić information content (AvgIpc) is 3.46. The fourth-order valence-corrected chi connectivity index (χ4v) is 4.74. The fraction of sp³-hybridized carbons (Fsp3) is 0.129. The molecular weight excluding hydrogens is 590 g/mol. The van der Waals surface area contributed by atoms with E-state index in [-0.39, 0.29) is 39.6 Å². The highest BCUT2D eigenvalue weighted by molar-refractivity contribution is 6.31. The Morgan fingerprint density at radius 1 is 1.00 bits per heavy atom. The maximum Gasteiger partial charge on any atom is 0.422 e. The number of benzene rings is 3. The van der Waals surface area contributed by atoms with Crippen LogP contribution in [-0.4, -0.2) is 33.6 Å². The van der Waals surface area contributed by atoms with Gasteiger partial charge in [0.15, 0.2) is 12.8 Å². The number of ether oxygens (including phenoxy) is 1. The lowest BCUT2D eigenvalue weighted by atomic mass is 10.0. The number of halogens is 5. The van der Waals surface area contributed by atoms with E-state index in [4.69, 9.17) is 16.3 Å². The molecular formula is C31H22ClF4N3O4. The van der Waals surface area contributed by atoms with Crippen molar-refractivity contribution in [2.45, 2.75) is 18.6 Å². The zero-order valence-corrected chi connectivity index (χ0v) is 22.9. The van der Waals surface area contributed by atoms with Crippen LogP contribution in [0.4, 0.5) is 17.6 Å². The number of carboxylic acids is 1. The summed E-state index contributed by atoms with van der Waals surface area (Å²) in [7, 11) is 0. The Hall–Kier alpha value is -4.90. The Kier molecular flexibility index (Phi) is 8.36. The molecule has 0 bridgehead atoms. The summed E-state index contributed by atoms with van der Waals surface area (Å²) in [6.45, 7) is -1.52. The van der Waals surface area contributed by atoms with Gasteiger partial charge in [-0.25, -0.2) is 9.18 Å². The number of aromatic carboxylic acids is 1. The highest BCUT2D eigenvalue weighted by atomic mass is 35.5. The number of alkyl halides is 3. The summed E-state index contributed by atoms with van der Waals surface area (Å²) < 4.78 is 59.2. The van der Waals surface area contributed by atoms with Gasteiger partial charge >= 0.3 is 12.1 Å². The van der Waals surface area contributed by atoms with Crippen LogP contribution < -0.4 is 9.47 Å². The van der Waals surface area contributed by atoms with Gasteiger partial charge in [-0.15, -0.1) is 0 Å². The summed E-state index contributed by atoms with van der Waals surface area (Å²) in [5.74, 6) is -1.57. The van der Waals surface area contributed by atoms with Gasteiger partial charge in [-0.1, -0.05) is 35.9 Å². The minimum absolute atomic E-state index is 0.0945. The maximum absolute atomic E-state index is 13.6. The van der Waals surface area contributed by atoms with E-state index >= 15 is 0 Å². The van der Waals surface area contributed by atoms with E-state index in [2.05, 4.69) is 5.10 Å². The number of carboxylic acid groups (broad SMARTS) is 1. The molecule has 1 atom stereocenters. The highest BCUT2D eigenvalue weighted by Gasteiger charge is 2.29. The quantitative estimate of drug-likeness (QED) is 0.109. The van der Waals surface area contributed by atoms with Crippen molar-refractivity contribution in [3.05, 3.63) is 130 Å². The molecule has 0 aliphatic carbocycles. The summed E-state index contributed by atoms with van der Waals surface area (Å²) in [6.07, 6.45) is 0.186. The zero-order valence-electron chi connectivity index (χ0n) is 22.1. The van der Waals surface area contributed by atoms with Gasteiger partial charge in [0.2, 0.25) is 5.69 Å². The van der Waals surface area contributed by atoms with Crippen molar-refractivity contribution in [1.82, 2.24) is 9.78 Å². The van der Waals surface area contributed by atoms with E-state index < -0.39 is 30.6 Å². The molecule has 7 nitrogen and oxygen atoms in total. The molecule has 43 heavy (non-hydrogen) atoms. The summed E-state index contributed by atoms with van der Waals surface area (Å²) >= 11 is 6.11. The lowest BCUT2D eigenvalue weighted by molar-refractivity contribution is -0.615. The van der Waals surface area contributed by atoms with Crippen molar-refractivity contribution in [3.63, 3.8) is 0 Å². The first-order valence-electron chi connectivity index (χ1n) is 12.8. The smallest absolute Gasteiger partial charge is 0.422 e. The molecule has 0 aliphatic heterocycles. The lowest BCUT2D eigenvalue weighted by Gasteiger charge is -2.19. The van der Waals surface area contributed by atoms with Gasteiger partial charge in [0, 0.05) is 34.8 Å². The summed E-state index contributed by atoms with van der Waals surface area (Å²) in [6, 6.07) is 18.6. The van der Waals surface area contributed by atoms with E-state index in [1.165, 1.54) is 54.7 Å². The SMILES string of the molecule is O=C(O)c1ccc(-c2cnn(C(Cc3ccc(F)cc3)c3ccc(-c4cc(Cl)ccc4OCC(F)(F)F)c[n+]3[O-])c2)cc1. The first kappa shape index (κ1) is 29.6. The Bertz CT molecular complexity index is 1760. The second-order valence-electron chi connectivity index (χ2n) is 9.65. The number of nitrogens with zero attached hydrogens (tertiary/aromatic N) is 3. The van der Waals surface area contributed by atoms with E-state index in [9.17, 15) is 32.7 Å². The standard InChI is InChI=1S/C31H22ClF4N3O4/c32-24-8-12-29(43-18-31(34,35)36)26(14-24)22-7-11-27(39(42)17-22)28(13-19-1-9-25(33)10-2-19)38-16-23(15-37-38)20-3-5-21(6-4-20)30(40)41/h1-12,14-17,28H,13,18H2,(H,40,41). The van der Waals surface area contributed by atoms with Crippen molar-refractivity contribution in [3.8, 4) is 28.0 Å². The van der Waals surface area contributed by atoms with Crippen LogP contribution in [0.1, 0.15) is 27.7 Å². The van der Waals surface area contributed by atoms with Gasteiger partial charge in [-0.05, 0) is 59.7 Å². The van der Waals surface area contributed by atoms with Crippen LogP contribution in [0, 0.1) is 11.0 Å². The van der Waals surface area contributed by atoms with Crippen LogP contribution in [0.5, 0.6) is 5.75 Å². The van der Waals surface area contributed by atoms with Crippen LogP contribution >= 0.6 is 11.6 Å². The first-order valence-corrected chi connectivity index (χ1v) is 13.2. The number of aromatic nitrogens is 3. The molecule has 5 aromatic rings. The van der Waals surface area contributed by atoms with Gasteiger partial charge in [0.25, 0.3) is 0 Å². The van der Waals surface area contributed by atoms with Crippen molar-refractivity contribution >= 4 is 17.6 Å². The molecule has 0 saturated carbocycles. The predicted molar refractivity (Wildman–Crippen MR) is 150 cm³/mol. The van der Waals surface area contributed by atoms with E-state index in [0.29, 0.717) is 15.9 Å². The van der Waals surface area contributed by atoms with Gasteiger partial charge in [0.05, 0.1) is 17.3 Å². The maximum atomic E-state index is 13.6. The van der Waals surface area contributed by atoms with E-state index in [1.807, 2.05) is 0 Å². The van der Waals surface area contributed by atoms with Crippen LogP contribution in [-0.2, 0) is 6.42 Å².